The minimum atomic E-state index is -0.215. The summed E-state index contributed by atoms with van der Waals surface area (Å²) in [7, 11) is 0. The average Bonchev–Trinajstić information content (AvgIpc) is 3.26. The van der Waals surface area contributed by atoms with Gasteiger partial charge in [0.1, 0.15) is 17.3 Å². The number of carbonyl (C=O) groups excluding carboxylic acids is 1. The van der Waals surface area contributed by atoms with Gasteiger partial charge in [-0.2, -0.15) is 0 Å². The summed E-state index contributed by atoms with van der Waals surface area (Å²) in [6, 6.07) is 11.3. The zero-order chi connectivity index (χ0) is 17.6. The molecule has 2 amide bonds. The normalized spacial score (nSPS) is 15.8. The molecule has 2 N–H and O–H groups in total. The Morgan fingerprint density at radius 1 is 1.20 bits per heavy atom. The van der Waals surface area contributed by atoms with Crippen LogP contribution in [0.25, 0.3) is 0 Å². The van der Waals surface area contributed by atoms with Crippen LogP contribution in [0.15, 0.2) is 40.8 Å². The lowest BCUT2D eigenvalue weighted by Crippen LogP contribution is -2.36. The fraction of sp³-hybridized carbons (Fsp3) is 0.450. The Labute approximate surface area is 148 Å². The molecule has 25 heavy (non-hydrogen) atoms. The van der Waals surface area contributed by atoms with Crippen LogP contribution in [-0.2, 0) is 6.54 Å². The van der Waals surface area contributed by atoms with E-state index >= 15 is 0 Å². The van der Waals surface area contributed by atoms with Gasteiger partial charge in [-0.15, -0.1) is 0 Å². The van der Waals surface area contributed by atoms with Crippen molar-refractivity contribution in [2.75, 3.05) is 0 Å². The van der Waals surface area contributed by atoms with E-state index in [9.17, 15) is 4.79 Å². The lowest BCUT2D eigenvalue weighted by Gasteiger charge is -2.14. The van der Waals surface area contributed by atoms with Gasteiger partial charge in [0.2, 0.25) is 0 Å². The Balaban J connectivity index is 1.43. The molecule has 0 saturated heterocycles. The van der Waals surface area contributed by atoms with Gasteiger partial charge in [0.05, 0.1) is 12.1 Å². The standard InChI is InChI=1S/C20H26N2O3/c1-14-7-12-19(24-14)15(2)22-20(23)21-13-16-8-10-18(11-9-16)25-17-5-3-4-6-17/h7-12,15,17H,3-6,13H2,1-2H3,(H2,21,22,23). The summed E-state index contributed by atoms with van der Waals surface area (Å²) < 4.78 is 11.5. The Morgan fingerprint density at radius 3 is 2.56 bits per heavy atom. The largest absolute Gasteiger partial charge is 0.490 e. The molecule has 1 aliphatic carbocycles. The van der Waals surface area contributed by atoms with Crippen molar-refractivity contribution in [2.45, 2.75) is 58.2 Å². The van der Waals surface area contributed by atoms with Crippen molar-refractivity contribution in [3.63, 3.8) is 0 Å². The number of carbonyl (C=O) groups is 1. The maximum atomic E-state index is 12.0. The number of nitrogens with one attached hydrogen (secondary N) is 2. The van der Waals surface area contributed by atoms with E-state index in [4.69, 9.17) is 9.15 Å². The minimum Gasteiger partial charge on any atom is -0.490 e. The van der Waals surface area contributed by atoms with Crippen molar-refractivity contribution < 1.29 is 13.9 Å². The molecule has 1 aromatic heterocycles. The Kier molecular flexibility index (Phi) is 5.64. The zero-order valence-electron chi connectivity index (χ0n) is 14.9. The number of hydrogen-bond donors (Lipinski definition) is 2. The third-order valence-electron chi connectivity index (χ3n) is 4.52. The van der Waals surface area contributed by atoms with Crippen molar-refractivity contribution in [3.8, 4) is 5.75 Å². The van der Waals surface area contributed by atoms with Gasteiger partial charge < -0.3 is 19.8 Å². The zero-order valence-corrected chi connectivity index (χ0v) is 14.9. The van der Waals surface area contributed by atoms with Crippen LogP contribution in [0.4, 0.5) is 4.79 Å². The van der Waals surface area contributed by atoms with Gasteiger partial charge in [-0.05, 0) is 69.4 Å². The van der Waals surface area contributed by atoms with Gasteiger partial charge >= 0.3 is 6.03 Å². The van der Waals surface area contributed by atoms with E-state index in [0.717, 1.165) is 35.7 Å². The number of urea groups is 1. The molecular weight excluding hydrogens is 316 g/mol. The summed E-state index contributed by atoms with van der Waals surface area (Å²) in [6.07, 6.45) is 5.19. The van der Waals surface area contributed by atoms with Crippen molar-refractivity contribution >= 4 is 6.03 Å². The first-order valence-electron chi connectivity index (χ1n) is 8.96. The Morgan fingerprint density at radius 2 is 1.92 bits per heavy atom. The van der Waals surface area contributed by atoms with Crippen molar-refractivity contribution in [1.82, 2.24) is 10.6 Å². The highest BCUT2D eigenvalue weighted by atomic mass is 16.5. The van der Waals surface area contributed by atoms with Gasteiger partial charge in [-0.25, -0.2) is 4.79 Å². The van der Waals surface area contributed by atoms with Gasteiger partial charge in [0, 0.05) is 6.54 Å². The molecule has 1 heterocycles. The third kappa shape index (κ3) is 5.02. The molecule has 5 nitrogen and oxygen atoms in total. The number of aryl methyl sites for hydroxylation is 1. The van der Waals surface area contributed by atoms with Crippen LogP contribution >= 0.6 is 0 Å². The summed E-state index contributed by atoms with van der Waals surface area (Å²) in [5, 5.41) is 5.74. The smallest absolute Gasteiger partial charge is 0.315 e. The lowest BCUT2D eigenvalue weighted by atomic mass is 10.2. The fourth-order valence-corrected chi connectivity index (χ4v) is 3.07. The molecule has 3 rings (SSSR count). The molecule has 1 fully saturated rings. The average molecular weight is 342 g/mol. The second kappa shape index (κ2) is 8.10. The number of amides is 2. The highest BCUT2D eigenvalue weighted by molar-refractivity contribution is 5.74. The van der Waals surface area contributed by atoms with Crippen LogP contribution in [0.3, 0.4) is 0 Å². The summed E-state index contributed by atoms with van der Waals surface area (Å²) >= 11 is 0. The molecule has 1 unspecified atom stereocenters. The molecule has 0 radical (unpaired) electrons. The molecule has 5 heteroatoms. The Bertz CT molecular complexity index is 687. The summed E-state index contributed by atoms with van der Waals surface area (Å²) in [4.78, 5) is 12.0. The lowest BCUT2D eigenvalue weighted by molar-refractivity contribution is 0.210. The number of benzene rings is 1. The minimum absolute atomic E-state index is 0.170. The van der Waals surface area contributed by atoms with E-state index in [2.05, 4.69) is 10.6 Å². The Hall–Kier alpha value is -2.43. The van der Waals surface area contributed by atoms with Crippen molar-refractivity contribution in [2.24, 2.45) is 0 Å². The molecule has 0 aliphatic heterocycles. The highest BCUT2D eigenvalue weighted by Gasteiger charge is 2.16. The van der Waals surface area contributed by atoms with Gasteiger partial charge in [0.25, 0.3) is 0 Å². The van der Waals surface area contributed by atoms with Crippen LogP contribution in [0.1, 0.15) is 55.7 Å². The van der Waals surface area contributed by atoms with Crippen molar-refractivity contribution in [3.05, 3.63) is 53.5 Å². The summed E-state index contributed by atoms with van der Waals surface area (Å²) in [5.41, 5.74) is 1.04. The molecule has 1 saturated carbocycles. The van der Waals surface area contributed by atoms with Crippen LogP contribution in [-0.4, -0.2) is 12.1 Å². The van der Waals surface area contributed by atoms with Crippen LogP contribution < -0.4 is 15.4 Å². The monoisotopic (exact) mass is 342 g/mol. The first kappa shape index (κ1) is 17.4. The molecular formula is C20H26N2O3. The van der Waals surface area contributed by atoms with E-state index in [1.54, 1.807) is 0 Å². The maximum absolute atomic E-state index is 12.0. The fourth-order valence-electron chi connectivity index (χ4n) is 3.07. The second-order valence-electron chi connectivity index (χ2n) is 6.67. The van der Waals surface area contributed by atoms with E-state index < -0.39 is 0 Å². The SMILES string of the molecule is Cc1ccc(C(C)NC(=O)NCc2ccc(OC3CCCC3)cc2)o1. The van der Waals surface area contributed by atoms with E-state index in [0.29, 0.717) is 12.6 Å². The van der Waals surface area contributed by atoms with Gasteiger partial charge in [0.15, 0.2) is 0 Å². The quantitative estimate of drug-likeness (QED) is 0.814. The molecule has 1 aliphatic rings. The number of furan rings is 1. The second-order valence-corrected chi connectivity index (χ2v) is 6.67. The van der Waals surface area contributed by atoms with Crippen LogP contribution in [0.5, 0.6) is 5.75 Å². The summed E-state index contributed by atoms with van der Waals surface area (Å²) in [6.45, 7) is 4.25. The van der Waals surface area contributed by atoms with E-state index in [-0.39, 0.29) is 12.1 Å². The predicted molar refractivity (Wildman–Crippen MR) is 96.6 cm³/mol. The predicted octanol–water partition coefficient (Wildman–Crippen LogP) is 4.47. The molecule has 2 aromatic rings. The third-order valence-corrected chi connectivity index (χ3v) is 4.52. The first-order chi connectivity index (χ1) is 12.1. The van der Waals surface area contributed by atoms with E-state index in [1.165, 1.54) is 12.8 Å². The molecule has 1 aromatic carbocycles. The topological polar surface area (TPSA) is 63.5 Å². The molecule has 134 valence electrons. The first-order valence-corrected chi connectivity index (χ1v) is 8.96. The van der Waals surface area contributed by atoms with E-state index in [1.807, 2.05) is 50.2 Å². The molecule has 1 atom stereocenters. The van der Waals surface area contributed by atoms with Crippen LogP contribution in [0.2, 0.25) is 0 Å². The number of rotatable bonds is 6. The summed E-state index contributed by atoms with van der Waals surface area (Å²) in [5.74, 6) is 2.49. The van der Waals surface area contributed by atoms with Crippen LogP contribution in [0, 0.1) is 6.92 Å². The van der Waals surface area contributed by atoms with Gasteiger partial charge in [-0.1, -0.05) is 12.1 Å². The maximum Gasteiger partial charge on any atom is 0.315 e. The van der Waals surface area contributed by atoms with Crippen molar-refractivity contribution in [1.29, 1.82) is 0 Å². The number of hydrogen-bond acceptors (Lipinski definition) is 3. The number of ether oxygens (including phenoxy) is 1. The highest BCUT2D eigenvalue weighted by Crippen LogP contribution is 2.24. The molecule has 0 spiro atoms. The molecule has 0 bridgehead atoms. The van der Waals surface area contributed by atoms with Gasteiger partial charge in [-0.3, -0.25) is 0 Å².